The zero-order chi connectivity index (χ0) is 13.5. The number of carbonyl (C=O) groups excluding carboxylic acids is 1. The van der Waals surface area contributed by atoms with Gasteiger partial charge < -0.3 is 11.1 Å². The maximum atomic E-state index is 11.7. The minimum absolute atomic E-state index is 0.432. The normalized spacial score (nSPS) is 12.5. The number of hydrogen-bond acceptors (Lipinski definition) is 4. The zero-order valence-corrected chi connectivity index (χ0v) is 11.8. The van der Waals surface area contributed by atoms with Crippen LogP contribution in [0.3, 0.4) is 0 Å². The molecule has 0 fully saturated rings. The average Bonchev–Trinajstić information content (AvgIpc) is 2.21. The number of sulfone groups is 1. The van der Waals surface area contributed by atoms with Crippen LogP contribution >= 0.6 is 0 Å². The molecule has 0 atom stereocenters. The van der Waals surface area contributed by atoms with Crippen molar-refractivity contribution in [2.45, 2.75) is 44.3 Å². The van der Waals surface area contributed by atoms with Crippen molar-refractivity contribution < 1.29 is 13.2 Å². The summed E-state index contributed by atoms with van der Waals surface area (Å²) in [7, 11) is -3.38. The van der Waals surface area contributed by atoms with Gasteiger partial charge in [0.15, 0.2) is 9.84 Å². The minimum atomic E-state index is -3.38. The Kier molecular flexibility index (Phi) is 6.70. The fourth-order valence-corrected chi connectivity index (χ4v) is 1.61. The lowest BCUT2D eigenvalue weighted by Crippen LogP contribution is -2.47. The van der Waals surface area contributed by atoms with Crippen molar-refractivity contribution >= 4 is 15.7 Å². The topological polar surface area (TPSA) is 89.3 Å². The van der Waals surface area contributed by atoms with E-state index in [1.165, 1.54) is 13.8 Å². The van der Waals surface area contributed by atoms with Crippen molar-refractivity contribution in [3.8, 4) is 0 Å². The molecule has 0 aromatic rings. The summed E-state index contributed by atoms with van der Waals surface area (Å²) >= 11 is 0. The van der Waals surface area contributed by atoms with Crippen LogP contribution in [0, 0.1) is 0 Å². The molecule has 0 radical (unpaired) electrons. The zero-order valence-electron chi connectivity index (χ0n) is 11.0. The van der Waals surface area contributed by atoms with Crippen LogP contribution in [0.2, 0.25) is 0 Å². The second-order valence-corrected chi connectivity index (χ2v) is 7.31. The summed E-state index contributed by atoms with van der Waals surface area (Å²) in [6.45, 7) is 4.05. The van der Waals surface area contributed by atoms with Crippen molar-refractivity contribution in [3.05, 3.63) is 0 Å². The van der Waals surface area contributed by atoms with Crippen molar-refractivity contribution in [3.63, 3.8) is 0 Å². The van der Waals surface area contributed by atoms with Gasteiger partial charge in [-0.25, -0.2) is 8.42 Å². The Labute approximate surface area is 104 Å². The molecule has 5 nitrogen and oxygen atoms in total. The Balaban J connectivity index is 3.96. The second-order valence-electron chi connectivity index (χ2n) is 4.74. The lowest BCUT2D eigenvalue weighted by Gasteiger charge is -2.21. The maximum absolute atomic E-state index is 11.7. The molecule has 0 heterocycles. The van der Waals surface area contributed by atoms with E-state index in [9.17, 15) is 13.2 Å². The summed E-state index contributed by atoms with van der Waals surface area (Å²) < 4.78 is 21.4. The molecular formula is C11H24N2O3S. The van der Waals surface area contributed by atoms with E-state index in [4.69, 9.17) is 5.73 Å². The quantitative estimate of drug-likeness (QED) is 0.623. The molecule has 0 aliphatic rings. The van der Waals surface area contributed by atoms with Crippen LogP contribution < -0.4 is 11.1 Å². The summed E-state index contributed by atoms with van der Waals surface area (Å²) in [5.41, 5.74) is 5.36. The van der Waals surface area contributed by atoms with Gasteiger partial charge in [0, 0.05) is 12.8 Å². The van der Waals surface area contributed by atoms with Crippen molar-refractivity contribution in [1.82, 2.24) is 5.32 Å². The monoisotopic (exact) mass is 264 g/mol. The van der Waals surface area contributed by atoms with Crippen LogP contribution in [0.4, 0.5) is 0 Å². The highest BCUT2D eigenvalue weighted by atomic mass is 32.2. The summed E-state index contributed by atoms with van der Waals surface area (Å²) in [4.78, 5) is 11.7. The van der Waals surface area contributed by atoms with E-state index in [-0.39, 0.29) is 0 Å². The highest BCUT2D eigenvalue weighted by molar-refractivity contribution is 7.92. The predicted octanol–water partition coefficient (Wildman–Crippen LogP) is 0.445. The third kappa shape index (κ3) is 5.50. The van der Waals surface area contributed by atoms with Gasteiger partial charge in [0.05, 0.1) is 0 Å². The van der Waals surface area contributed by atoms with Gasteiger partial charge in [0.1, 0.15) is 4.75 Å². The van der Waals surface area contributed by atoms with E-state index in [0.29, 0.717) is 13.1 Å². The Morgan fingerprint density at radius 3 is 2.18 bits per heavy atom. The Morgan fingerprint density at radius 1 is 1.18 bits per heavy atom. The van der Waals surface area contributed by atoms with E-state index in [1.54, 1.807) is 0 Å². The number of nitrogens with two attached hydrogens (primary N) is 1. The van der Waals surface area contributed by atoms with Crippen LogP contribution in [0.25, 0.3) is 0 Å². The SMILES string of the molecule is CC(C)(C(=O)NCCCCCCN)S(C)(=O)=O. The molecule has 1 amide bonds. The molecular weight excluding hydrogens is 240 g/mol. The average molecular weight is 264 g/mol. The molecule has 17 heavy (non-hydrogen) atoms. The largest absolute Gasteiger partial charge is 0.355 e. The van der Waals surface area contributed by atoms with Gasteiger partial charge in [-0.3, -0.25) is 4.79 Å². The van der Waals surface area contributed by atoms with Crippen LogP contribution in [-0.2, 0) is 14.6 Å². The molecule has 0 aliphatic heterocycles. The number of unbranched alkanes of at least 4 members (excludes halogenated alkanes) is 3. The third-order valence-electron chi connectivity index (χ3n) is 2.89. The Bertz CT molecular complexity index is 337. The Hall–Kier alpha value is -0.620. The Morgan fingerprint density at radius 2 is 1.71 bits per heavy atom. The van der Waals surface area contributed by atoms with Crippen molar-refractivity contribution in [2.24, 2.45) is 5.73 Å². The summed E-state index contributed by atoms with van der Waals surface area (Å²) in [5, 5.41) is 2.66. The molecule has 0 aliphatic carbocycles. The first kappa shape index (κ1) is 16.4. The van der Waals surface area contributed by atoms with Gasteiger partial charge in [-0.2, -0.15) is 0 Å². The summed E-state index contributed by atoms with van der Waals surface area (Å²) in [5.74, 6) is -0.432. The van der Waals surface area contributed by atoms with Gasteiger partial charge in [-0.05, 0) is 33.2 Å². The first-order chi connectivity index (χ1) is 7.73. The second kappa shape index (κ2) is 6.96. The van der Waals surface area contributed by atoms with Gasteiger partial charge >= 0.3 is 0 Å². The van der Waals surface area contributed by atoms with Gasteiger partial charge in [0.25, 0.3) is 0 Å². The lowest BCUT2D eigenvalue weighted by atomic mass is 10.1. The third-order valence-corrected chi connectivity index (χ3v) is 4.93. The molecule has 102 valence electrons. The molecule has 0 rings (SSSR count). The summed E-state index contributed by atoms with van der Waals surface area (Å²) in [6, 6.07) is 0. The molecule has 0 aromatic heterocycles. The van der Waals surface area contributed by atoms with Gasteiger partial charge in [-0.1, -0.05) is 12.8 Å². The van der Waals surface area contributed by atoms with Crippen LogP contribution in [0.1, 0.15) is 39.5 Å². The van der Waals surface area contributed by atoms with Crippen LogP contribution in [-0.4, -0.2) is 38.4 Å². The highest BCUT2D eigenvalue weighted by Gasteiger charge is 2.37. The summed E-state index contributed by atoms with van der Waals surface area (Å²) in [6.07, 6.45) is 4.96. The van der Waals surface area contributed by atoms with E-state index in [1.807, 2.05) is 0 Å². The number of nitrogens with one attached hydrogen (secondary N) is 1. The van der Waals surface area contributed by atoms with Crippen LogP contribution in [0.15, 0.2) is 0 Å². The lowest BCUT2D eigenvalue weighted by molar-refractivity contribution is -0.122. The minimum Gasteiger partial charge on any atom is -0.355 e. The fourth-order valence-electron chi connectivity index (χ4n) is 1.21. The number of hydrogen-bond donors (Lipinski definition) is 2. The molecule has 0 saturated heterocycles. The number of amides is 1. The standard InChI is InChI=1S/C11H24N2O3S/c1-11(2,17(3,15)16)10(14)13-9-7-5-4-6-8-12/h4-9,12H2,1-3H3,(H,13,14). The van der Waals surface area contributed by atoms with E-state index >= 15 is 0 Å². The van der Waals surface area contributed by atoms with E-state index in [2.05, 4.69) is 5.32 Å². The molecule has 0 bridgehead atoms. The van der Waals surface area contributed by atoms with Gasteiger partial charge in [-0.15, -0.1) is 0 Å². The first-order valence-electron chi connectivity index (χ1n) is 5.91. The molecule has 0 saturated carbocycles. The molecule has 6 heteroatoms. The van der Waals surface area contributed by atoms with E-state index in [0.717, 1.165) is 31.9 Å². The maximum Gasteiger partial charge on any atom is 0.240 e. The van der Waals surface area contributed by atoms with Crippen molar-refractivity contribution in [1.29, 1.82) is 0 Å². The van der Waals surface area contributed by atoms with Gasteiger partial charge in [0.2, 0.25) is 5.91 Å². The van der Waals surface area contributed by atoms with E-state index < -0.39 is 20.5 Å². The smallest absolute Gasteiger partial charge is 0.240 e. The predicted molar refractivity (Wildman–Crippen MR) is 69.5 cm³/mol. The highest BCUT2D eigenvalue weighted by Crippen LogP contribution is 2.14. The number of rotatable bonds is 8. The molecule has 0 spiro atoms. The molecule has 0 unspecified atom stereocenters. The first-order valence-corrected chi connectivity index (χ1v) is 7.80. The molecule has 0 aromatic carbocycles. The van der Waals surface area contributed by atoms with Crippen LogP contribution in [0.5, 0.6) is 0 Å². The fraction of sp³-hybridized carbons (Fsp3) is 0.909. The molecule has 3 N–H and O–H groups in total. The number of carbonyl (C=O) groups is 1. The van der Waals surface area contributed by atoms with Crippen molar-refractivity contribution in [2.75, 3.05) is 19.3 Å².